The average Bonchev–Trinajstić information content (AvgIpc) is 2.27. The number of carbonyl (C=O) groups is 1. The van der Waals surface area contributed by atoms with Crippen molar-refractivity contribution >= 4 is 5.78 Å². The highest BCUT2D eigenvalue weighted by Crippen LogP contribution is 2.26. The second-order valence-electron chi connectivity index (χ2n) is 4.17. The smallest absolute Gasteiger partial charge is 0.168 e. The number of allylic oxidation sites excluding steroid dienone is 1. The molecule has 0 aromatic rings. The highest BCUT2D eigenvalue weighted by Gasteiger charge is 2.27. The monoisotopic (exact) mass is 196 g/mol. The Kier molecular flexibility index (Phi) is 4.33. The van der Waals surface area contributed by atoms with Crippen molar-refractivity contribution in [3.8, 4) is 0 Å². The van der Waals surface area contributed by atoms with E-state index in [-0.39, 0.29) is 11.7 Å². The fourth-order valence-electron chi connectivity index (χ4n) is 1.99. The van der Waals surface area contributed by atoms with Crippen LogP contribution < -0.4 is 0 Å². The molecule has 0 bridgehead atoms. The Morgan fingerprint density at radius 2 is 1.93 bits per heavy atom. The first-order valence-electron chi connectivity index (χ1n) is 5.51. The Morgan fingerprint density at radius 1 is 1.36 bits per heavy atom. The minimum Gasteiger partial charge on any atom is -0.381 e. The van der Waals surface area contributed by atoms with Gasteiger partial charge in [-0.25, -0.2) is 0 Å². The number of rotatable bonds is 3. The Morgan fingerprint density at radius 3 is 2.43 bits per heavy atom. The van der Waals surface area contributed by atoms with E-state index in [1.54, 1.807) is 0 Å². The first-order chi connectivity index (χ1) is 6.66. The number of aliphatic hydroxyl groups excluding tert-OH is 1. The number of carbonyl (C=O) groups excluding carboxylic acids is 1. The van der Waals surface area contributed by atoms with Crippen LogP contribution >= 0.6 is 0 Å². The largest absolute Gasteiger partial charge is 0.381 e. The summed E-state index contributed by atoms with van der Waals surface area (Å²) in [4.78, 5) is 11.8. The van der Waals surface area contributed by atoms with Crippen molar-refractivity contribution in [2.45, 2.75) is 52.1 Å². The maximum Gasteiger partial charge on any atom is 0.168 e. The molecule has 0 aromatic carbocycles. The minimum atomic E-state index is -0.858. The van der Waals surface area contributed by atoms with Crippen LogP contribution in [-0.2, 0) is 4.79 Å². The molecule has 1 rings (SSSR count). The van der Waals surface area contributed by atoms with Crippen molar-refractivity contribution < 1.29 is 9.90 Å². The molecule has 1 fully saturated rings. The van der Waals surface area contributed by atoms with Gasteiger partial charge in [-0.15, -0.1) is 0 Å². The minimum absolute atomic E-state index is 0.0281. The molecular weight excluding hydrogens is 176 g/mol. The van der Waals surface area contributed by atoms with Gasteiger partial charge in [-0.2, -0.15) is 0 Å². The van der Waals surface area contributed by atoms with Gasteiger partial charge in [-0.3, -0.25) is 4.79 Å². The second-order valence-corrected chi connectivity index (χ2v) is 4.17. The van der Waals surface area contributed by atoms with Crippen LogP contribution in [0.3, 0.4) is 0 Å². The molecule has 1 aliphatic carbocycles. The molecule has 14 heavy (non-hydrogen) atoms. The Bertz CT molecular complexity index is 224. The molecule has 1 saturated carbocycles. The molecule has 1 atom stereocenters. The quantitative estimate of drug-likeness (QED) is 0.704. The van der Waals surface area contributed by atoms with E-state index in [0.717, 1.165) is 31.3 Å². The van der Waals surface area contributed by atoms with Gasteiger partial charge in [0.2, 0.25) is 0 Å². The first kappa shape index (κ1) is 11.4. The molecule has 2 nitrogen and oxygen atoms in total. The molecule has 80 valence electrons. The summed E-state index contributed by atoms with van der Waals surface area (Å²) in [7, 11) is 0. The van der Waals surface area contributed by atoms with Gasteiger partial charge in [-0.1, -0.05) is 25.3 Å². The van der Waals surface area contributed by atoms with Crippen LogP contribution in [-0.4, -0.2) is 17.0 Å². The summed E-state index contributed by atoms with van der Waals surface area (Å²) < 4.78 is 0. The second kappa shape index (κ2) is 5.30. The van der Waals surface area contributed by atoms with Gasteiger partial charge in [0.05, 0.1) is 0 Å². The zero-order valence-electron chi connectivity index (χ0n) is 9.12. The maximum absolute atomic E-state index is 11.8. The van der Waals surface area contributed by atoms with Gasteiger partial charge < -0.3 is 5.11 Å². The predicted octanol–water partition coefficient (Wildman–Crippen LogP) is 2.46. The van der Waals surface area contributed by atoms with Crippen LogP contribution in [0.15, 0.2) is 11.6 Å². The average molecular weight is 196 g/mol. The van der Waals surface area contributed by atoms with Crippen molar-refractivity contribution in [2.24, 2.45) is 5.92 Å². The van der Waals surface area contributed by atoms with E-state index in [1.165, 1.54) is 6.42 Å². The standard InChI is InChI=1S/C12H20O2/c1-3-9(2)11(13)12(14)10-7-5-4-6-8-10/h3,10-11,13H,4-8H2,1-2H3/b9-3+. The van der Waals surface area contributed by atoms with Gasteiger partial charge in [0.15, 0.2) is 5.78 Å². The summed E-state index contributed by atoms with van der Waals surface area (Å²) in [5.41, 5.74) is 0.778. The molecule has 0 aromatic heterocycles. The summed E-state index contributed by atoms with van der Waals surface area (Å²) in [6.07, 6.45) is 6.40. The van der Waals surface area contributed by atoms with E-state index < -0.39 is 6.10 Å². The van der Waals surface area contributed by atoms with E-state index >= 15 is 0 Å². The van der Waals surface area contributed by atoms with Crippen molar-refractivity contribution in [3.05, 3.63) is 11.6 Å². The Labute approximate surface area is 86.0 Å². The van der Waals surface area contributed by atoms with E-state index in [9.17, 15) is 9.90 Å². The lowest BCUT2D eigenvalue weighted by molar-refractivity contribution is -0.130. The van der Waals surface area contributed by atoms with Gasteiger partial charge in [0.1, 0.15) is 6.10 Å². The molecule has 0 aliphatic heterocycles. The molecule has 0 amide bonds. The van der Waals surface area contributed by atoms with Gasteiger partial charge in [0, 0.05) is 5.92 Å². The molecule has 0 radical (unpaired) electrons. The lowest BCUT2D eigenvalue weighted by Gasteiger charge is -2.23. The van der Waals surface area contributed by atoms with Crippen molar-refractivity contribution in [3.63, 3.8) is 0 Å². The fourth-order valence-corrected chi connectivity index (χ4v) is 1.99. The van der Waals surface area contributed by atoms with Crippen molar-refractivity contribution in [1.29, 1.82) is 0 Å². The van der Waals surface area contributed by atoms with Gasteiger partial charge >= 0.3 is 0 Å². The molecular formula is C12H20O2. The van der Waals surface area contributed by atoms with Crippen LogP contribution in [0, 0.1) is 5.92 Å². The molecule has 1 unspecified atom stereocenters. The van der Waals surface area contributed by atoms with E-state index in [0.29, 0.717) is 0 Å². The Hall–Kier alpha value is -0.630. The maximum atomic E-state index is 11.8. The van der Waals surface area contributed by atoms with Crippen LogP contribution in [0.4, 0.5) is 0 Å². The number of ketones is 1. The summed E-state index contributed by atoms with van der Waals surface area (Å²) in [6, 6.07) is 0. The van der Waals surface area contributed by atoms with E-state index in [1.807, 2.05) is 19.9 Å². The van der Waals surface area contributed by atoms with Crippen LogP contribution in [0.1, 0.15) is 46.0 Å². The molecule has 0 heterocycles. The summed E-state index contributed by atoms with van der Waals surface area (Å²) >= 11 is 0. The normalized spacial score (nSPS) is 22.1. The lowest BCUT2D eigenvalue weighted by Crippen LogP contribution is -2.30. The molecule has 2 heteroatoms. The zero-order valence-corrected chi connectivity index (χ0v) is 9.12. The van der Waals surface area contributed by atoms with Crippen LogP contribution in [0.5, 0.6) is 0 Å². The van der Waals surface area contributed by atoms with E-state index in [2.05, 4.69) is 0 Å². The molecule has 1 N–H and O–H groups in total. The van der Waals surface area contributed by atoms with Crippen LogP contribution in [0.2, 0.25) is 0 Å². The number of Topliss-reactive ketones (excluding diaryl/α,β-unsaturated/α-hetero) is 1. The SMILES string of the molecule is C/C=C(\C)C(O)C(=O)C1CCCCC1. The van der Waals surface area contributed by atoms with Crippen molar-refractivity contribution in [2.75, 3.05) is 0 Å². The summed E-state index contributed by atoms with van der Waals surface area (Å²) in [5, 5.41) is 9.72. The highest BCUT2D eigenvalue weighted by molar-refractivity contribution is 5.87. The molecule has 0 spiro atoms. The Balaban J connectivity index is 2.54. The first-order valence-corrected chi connectivity index (χ1v) is 5.51. The van der Waals surface area contributed by atoms with Gasteiger partial charge in [0.25, 0.3) is 0 Å². The number of hydrogen-bond acceptors (Lipinski definition) is 2. The zero-order chi connectivity index (χ0) is 10.6. The molecule has 1 aliphatic rings. The molecule has 0 saturated heterocycles. The third-order valence-corrected chi connectivity index (χ3v) is 3.16. The number of aliphatic hydroxyl groups is 1. The highest BCUT2D eigenvalue weighted by atomic mass is 16.3. The van der Waals surface area contributed by atoms with Crippen molar-refractivity contribution in [1.82, 2.24) is 0 Å². The topological polar surface area (TPSA) is 37.3 Å². The summed E-state index contributed by atoms with van der Waals surface area (Å²) in [6.45, 7) is 3.66. The lowest BCUT2D eigenvalue weighted by atomic mass is 9.83. The van der Waals surface area contributed by atoms with E-state index in [4.69, 9.17) is 0 Å². The third kappa shape index (κ3) is 2.68. The van der Waals surface area contributed by atoms with Crippen LogP contribution in [0.25, 0.3) is 0 Å². The number of hydrogen-bond donors (Lipinski definition) is 1. The summed E-state index contributed by atoms with van der Waals surface area (Å²) in [5.74, 6) is 0.133. The third-order valence-electron chi connectivity index (χ3n) is 3.16. The van der Waals surface area contributed by atoms with Gasteiger partial charge in [-0.05, 0) is 32.3 Å². The predicted molar refractivity (Wildman–Crippen MR) is 57.0 cm³/mol. The fraction of sp³-hybridized carbons (Fsp3) is 0.750.